The van der Waals surface area contributed by atoms with Gasteiger partial charge in [0.05, 0.1) is 24.3 Å². The van der Waals surface area contributed by atoms with Crippen molar-refractivity contribution in [3.8, 4) is 0 Å². The van der Waals surface area contributed by atoms with Crippen LogP contribution in [0.2, 0.25) is 0 Å². The van der Waals surface area contributed by atoms with Crippen molar-refractivity contribution in [2.45, 2.75) is 65.0 Å². The van der Waals surface area contributed by atoms with Gasteiger partial charge in [-0.2, -0.15) is 0 Å². The minimum absolute atomic E-state index is 0.0274. The molecule has 1 unspecified atom stereocenters. The predicted molar refractivity (Wildman–Crippen MR) is 129 cm³/mol. The molecule has 2 aromatic carbocycles. The molecule has 5 heteroatoms. The van der Waals surface area contributed by atoms with Crippen molar-refractivity contribution in [1.29, 1.82) is 0 Å². The van der Waals surface area contributed by atoms with Gasteiger partial charge in [0.15, 0.2) is 0 Å². The number of amides is 1. The first-order valence-corrected chi connectivity index (χ1v) is 12.0. The third-order valence-electron chi connectivity index (χ3n) is 6.65. The van der Waals surface area contributed by atoms with Gasteiger partial charge in [0, 0.05) is 12.1 Å². The smallest absolute Gasteiger partial charge is 0.295 e. The number of hydrogen-bond donors (Lipinski definition) is 1. The number of ether oxygens (including phenoxy) is 1. The number of likely N-dealkylation sites (tertiary alicyclic amines) is 1. The number of carbonyl (C=O) groups is 2. The first-order chi connectivity index (χ1) is 15.9. The molecule has 0 aromatic heterocycles. The summed E-state index contributed by atoms with van der Waals surface area (Å²) in [5.41, 5.74) is 5.26. The number of Topliss-reactive ketones (excluding diaryl/α,β-unsaturated/α-hetero) is 1. The Bertz CT molecular complexity index is 1070. The Labute approximate surface area is 196 Å². The number of hydrogen-bond acceptors (Lipinski definition) is 4. The molecule has 1 aliphatic heterocycles. The van der Waals surface area contributed by atoms with E-state index in [9.17, 15) is 14.7 Å². The average molecular weight is 448 g/mol. The Kier molecular flexibility index (Phi) is 6.99. The molecule has 1 saturated heterocycles. The van der Waals surface area contributed by atoms with E-state index in [0.717, 1.165) is 31.2 Å². The van der Waals surface area contributed by atoms with E-state index in [1.807, 2.05) is 56.3 Å². The largest absolute Gasteiger partial charge is 0.507 e. The topological polar surface area (TPSA) is 66.8 Å². The van der Waals surface area contributed by atoms with Crippen LogP contribution in [0.1, 0.15) is 67.5 Å². The van der Waals surface area contributed by atoms with Gasteiger partial charge in [-0.3, -0.25) is 9.59 Å². The molecule has 33 heavy (non-hydrogen) atoms. The fourth-order valence-electron chi connectivity index (χ4n) is 4.82. The van der Waals surface area contributed by atoms with Crippen LogP contribution in [0.3, 0.4) is 0 Å². The lowest BCUT2D eigenvalue weighted by Crippen LogP contribution is -2.33. The zero-order chi connectivity index (χ0) is 23.5. The molecule has 2 aliphatic rings. The van der Waals surface area contributed by atoms with Gasteiger partial charge >= 0.3 is 0 Å². The summed E-state index contributed by atoms with van der Waals surface area (Å²) in [5, 5.41) is 11.3. The molecule has 1 aliphatic carbocycles. The molecule has 5 nitrogen and oxygen atoms in total. The molecule has 1 fully saturated rings. The third kappa shape index (κ3) is 4.74. The summed E-state index contributed by atoms with van der Waals surface area (Å²) < 4.78 is 5.67. The SMILES string of the molecule is CCc1ccc(C2/C(=C(/O)c3ccc4c(c3)CCCC4)C(=O)C(=O)N2CCOC(C)C)cc1. The first kappa shape index (κ1) is 23.2. The second-order valence-corrected chi connectivity index (χ2v) is 9.20. The summed E-state index contributed by atoms with van der Waals surface area (Å²) in [4.78, 5) is 27.8. The molecular weight excluding hydrogens is 414 g/mol. The first-order valence-electron chi connectivity index (χ1n) is 12.0. The van der Waals surface area contributed by atoms with Crippen molar-refractivity contribution in [1.82, 2.24) is 4.90 Å². The van der Waals surface area contributed by atoms with Gasteiger partial charge in [0.25, 0.3) is 11.7 Å². The zero-order valence-corrected chi connectivity index (χ0v) is 19.8. The standard InChI is InChI=1S/C28H33NO4/c1-4-19-9-11-21(12-10-19)25-24(27(31)28(32)29(25)15-16-33-18(2)3)26(30)23-14-13-20-7-5-6-8-22(20)17-23/h9-14,17-18,25,30H,4-8,15-16H2,1-3H3/b26-24-. The molecule has 2 aromatic rings. The van der Waals surface area contributed by atoms with Gasteiger partial charge in [0.2, 0.25) is 0 Å². The van der Waals surface area contributed by atoms with Crippen LogP contribution in [0.4, 0.5) is 0 Å². The minimum atomic E-state index is -0.640. The van der Waals surface area contributed by atoms with Crippen LogP contribution >= 0.6 is 0 Å². The third-order valence-corrected chi connectivity index (χ3v) is 6.65. The lowest BCUT2D eigenvalue weighted by molar-refractivity contribution is -0.140. The predicted octanol–water partition coefficient (Wildman–Crippen LogP) is 4.97. The molecule has 1 heterocycles. The van der Waals surface area contributed by atoms with Gasteiger partial charge in [-0.25, -0.2) is 0 Å². The Morgan fingerprint density at radius 3 is 2.42 bits per heavy atom. The summed E-state index contributed by atoms with van der Waals surface area (Å²) in [5.74, 6) is -1.33. The number of ketones is 1. The Balaban J connectivity index is 1.77. The second-order valence-electron chi connectivity index (χ2n) is 9.20. The Morgan fingerprint density at radius 1 is 1.06 bits per heavy atom. The van der Waals surface area contributed by atoms with E-state index in [1.165, 1.54) is 28.0 Å². The quantitative estimate of drug-likeness (QED) is 0.370. The van der Waals surface area contributed by atoms with Gasteiger partial charge in [-0.05, 0) is 74.3 Å². The van der Waals surface area contributed by atoms with Crippen molar-refractivity contribution in [2.75, 3.05) is 13.2 Å². The number of aliphatic hydroxyl groups is 1. The normalized spacial score (nSPS) is 19.9. The van der Waals surface area contributed by atoms with E-state index in [0.29, 0.717) is 12.2 Å². The van der Waals surface area contributed by atoms with E-state index >= 15 is 0 Å². The molecule has 174 valence electrons. The molecule has 0 spiro atoms. The van der Waals surface area contributed by atoms with E-state index in [1.54, 1.807) is 0 Å². The number of benzene rings is 2. The van der Waals surface area contributed by atoms with Gasteiger partial charge in [-0.15, -0.1) is 0 Å². The number of aryl methyl sites for hydroxylation is 3. The van der Waals surface area contributed by atoms with Crippen molar-refractivity contribution < 1.29 is 19.4 Å². The highest BCUT2D eigenvalue weighted by molar-refractivity contribution is 6.46. The van der Waals surface area contributed by atoms with E-state index < -0.39 is 17.7 Å². The number of aliphatic hydroxyl groups excluding tert-OH is 1. The minimum Gasteiger partial charge on any atom is -0.507 e. The van der Waals surface area contributed by atoms with Crippen LogP contribution in [0.5, 0.6) is 0 Å². The molecule has 0 bridgehead atoms. The monoisotopic (exact) mass is 447 g/mol. The van der Waals surface area contributed by atoms with Crippen LogP contribution < -0.4 is 0 Å². The maximum atomic E-state index is 13.2. The molecule has 0 radical (unpaired) electrons. The van der Waals surface area contributed by atoms with Gasteiger partial charge in [0.1, 0.15) is 5.76 Å². The highest BCUT2D eigenvalue weighted by Crippen LogP contribution is 2.39. The van der Waals surface area contributed by atoms with E-state index in [4.69, 9.17) is 4.74 Å². The maximum absolute atomic E-state index is 13.2. The highest BCUT2D eigenvalue weighted by Gasteiger charge is 2.45. The summed E-state index contributed by atoms with van der Waals surface area (Å²) in [6, 6.07) is 13.2. The lowest BCUT2D eigenvalue weighted by Gasteiger charge is -2.26. The van der Waals surface area contributed by atoms with E-state index in [2.05, 4.69) is 6.92 Å². The summed E-state index contributed by atoms with van der Waals surface area (Å²) in [6.45, 7) is 6.56. The Hall–Kier alpha value is -2.92. The number of rotatable bonds is 7. The molecule has 0 saturated carbocycles. The molecule has 4 rings (SSSR count). The summed E-state index contributed by atoms with van der Waals surface area (Å²) in [6.07, 6.45) is 5.24. The van der Waals surface area contributed by atoms with Crippen molar-refractivity contribution in [2.24, 2.45) is 0 Å². The summed E-state index contributed by atoms with van der Waals surface area (Å²) in [7, 11) is 0. The molecular formula is C28H33NO4. The van der Waals surface area contributed by atoms with Crippen molar-refractivity contribution >= 4 is 17.4 Å². The second kappa shape index (κ2) is 9.92. The van der Waals surface area contributed by atoms with E-state index in [-0.39, 0.29) is 24.0 Å². The van der Waals surface area contributed by atoms with Gasteiger partial charge < -0.3 is 14.7 Å². The van der Waals surface area contributed by atoms with Crippen molar-refractivity contribution in [3.63, 3.8) is 0 Å². The maximum Gasteiger partial charge on any atom is 0.295 e. The number of fused-ring (bicyclic) bond motifs is 1. The zero-order valence-electron chi connectivity index (χ0n) is 19.8. The van der Waals surface area contributed by atoms with Gasteiger partial charge in [-0.1, -0.05) is 43.3 Å². The Morgan fingerprint density at radius 2 is 1.76 bits per heavy atom. The number of carbonyl (C=O) groups excluding carboxylic acids is 2. The lowest BCUT2D eigenvalue weighted by atomic mass is 9.88. The molecule has 1 amide bonds. The highest BCUT2D eigenvalue weighted by atomic mass is 16.5. The van der Waals surface area contributed by atoms with Crippen LogP contribution in [0, 0.1) is 0 Å². The van der Waals surface area contributed by atoms with Crippen LogP contribution in [0.25, 0.3) is 5.76 Å². The summed E-state index contributed by atoms with van der Waals surface area (Å²) >= 11 is 0. The molecule has 1 N–H and O–H groups in total. The molecule has 1 atom stereocenters. The average Bonchev–Trinajstić information content (AvgIpc) is 3.08. The fraction of sp³-hybridized carbons (Fsp3) is 0.429. The van der Waals surface area contributed by atoms with Crippen LogP contribution in [-0.2, 0) is 33.6 Å². The fourth-order valence-corrected chi connectivity index (χ4v) is 4.82. The van der Waals surface area contributed by atoms with Crippen molar-refractivity contribution in [3.05, 3.63) is 75.9 Å². The van der Waals surface area contributed by atoms with Crippen LogP contribution in [-0.4, -0.2) is 41.0 Å². The van der Waals surface area contributed by atoms with Crippen LogP contribution in [0.15, 0.2) is 48.0 Å². The number of nitrogens with zero attached hydrogens (tertiary/aromatic N) is 1.